The van der Waals surface area contributed by atoms with Gasteiger partial charge in [-0.2, -0.15) is 0 Å². The van der Waals surface area contributed by atoms with Gasteiger partial charge in [0.2, 0.25) is 0 Å². The minimum atomic E-state index is 0.0706. The Labute approximate surface area is 113 Å². The summed E-state index contributed by atoms with van der Waals surface area (Å²) in [7, 11) is 1.72. The number of methoxy groups -OCH3 is 1. The van der Waals surface area contributed by atoms with Crippen molar-refractivity contribution >= 4 is 23.2 Å². The van der Waals surface area contributed by atoms with E-state index < -0.39 is 0 Å². The number of ether oxygens (including phenoxy) is 1. The van der Waals surface area contributed by atoms with E-state index in [-0.39, 0.29) is 12.1 Å². The molecular weight excluding hydrogens is 257 g/mol. The van der Waals surface area contributed by atoms with Crippen LogP contribution in [0.2, 0.25) is 10.0 Å². The molecule has 1 N–H and O–H groups in total. The molecule has 0 heterocycles. The molecule has 1 rings (SSSR count). The third-order valence-electron chi connectivity index (χ3n) is 2.79. The molecule has 1 aromatic rings. The Morgan fingerprint density at radius 2 is 2.00 bits per heavy atom. The second kappa shape index (κ2) is 7.22. The molecule has 2 unspecified atom stereocenters. The van der Waals surface area contributed by atoms with Crippen LogP contribution in [-0.4, -0.2) is 19.8 Å². The molecule has 0 amide bonds. The van der Waals surface area contributed by atoms with Gasteiger partial charge in [0.1, 0.15) is 0 Å². The minimum Gasteiger partial charge on any atom is -0.379 e. The molecule has 0 fully saturated rings. The smallest absolute Gasteiger partial charge is 0.0763 e. The van der Waals surface area contributed by atoms with Gasteiger partial charge < -0.3 is 10.1 Å². The lowest BCUT2D eigenvalue weighted by Crippen LogP contribution is -2.33. The first kappa shape index (κ1) is 14.8. The van der Waals surface area contributed by atoms with E-state index in [1.807, 2.05) is 12.1 Å². The van der Waals surface area contributed by atoms with Crippen LogP contribution < -0.4 is 5.32 Å². The van der Waals surface area contributed by atoms with Crippen LogP contribution in [0, 0.1) is 0 Å². The summed E-state index contributed by atoms with van der Waals surface area (Å²) in [6, 6.07) is 5.59. The number of benzene rings is 1. The summed E-state index contributed by atoms with van der Waals surface area (Å²) in [4.78, 5) is 0. The molecule has 0 aliphatic rings. The van der Waals surface area contributed by atoms with Crippen molar-refractivity contribution in [2.24, 2.45) is 0 Å². The summed E-state index contributed by atoms with van der Waals surface area (Å²) >= 11 is 12.3. The first-order valence-corrected chi connectivity index (χ1v) is 6.60. The Kier molecular flexibility index (Phi) is 6.28. The van der Waals surface area contributed by atoms with Crippen LogP contribution in [0.5, 0.6) is 0 Å². The summed E-state index contributed by atoms with van der Waals surface area (Å²) < 4.78 is 5.50. The fourth-order valence-corrected chi connectivity index (χ4v) is 2.37. The van der Waals surface area contributed by atoms with Gasteiger partial charge in [-0.05, 0) is 36.7 Å². The molecule has 96 valence electrons. The van der Waals surface area contributed by atoms with Crippen LogP contribution in [0.4, 0.5) is 0 Å². The van der Waals surface area contributed by atoms with E-state index in [4.69, 9.17) is 27.9 Å². The van der Waals surface area contributed by atoms with Crippen LogP contribution in [-0.2, 0) is 4.74 Å². The molecule has 2 nitrogen and oxygen atoms in total. The van der Waals surface area contributed by atoms with Gasteiger partial charge in [-0.3, -0.25) is 0 Å². The van der Waals surface area contributed by atoms with Crippen molar-refractivity contribution in [2.45, 2.75) is 32.4 Å². The molecule has 0 aliphatic carbocycles. The van der Waals surface area contributed by atoms with E-state index in [0.29, 0.717) is 5.02 Å². The molecule has 0 saturated heterocycles. The number of likely N-dealkylation sites (N-methyl/N-ethyl adjacent to an activating group) is 1. The van der Waals surface area contributed by atoms with Crippen molar-refractivity contribution in [1.29, 1.82) is 0 Å². The molecule has 0 radical (unpaired) electrons. The molecule has 17 heavy (non-hydrogen) atoms. The van der Waals surface area contributed by atoms with Gasteiger partial charge in [-0.1, -0.05) is 37.0 Å². The second-order valence-corrected chi connectivity index (χ2v) is 4.73. The van der Waals surface area contributed by atoms with Gasteiger partial charge in [-0.15, -0.1) is 0 Å². The number of nitrogens with one attached hydrogen (secondary N) is 1. The van der Waals surface area contributed by atoms with Crippen molar-refractivity contribution in [3.05, 3.63) is 33.8 Å². The Hall–Kier alpha value is -0.280. The molecule has 0 saturated carbocycles. The normalized spacial score (nSPS) is 14.6. The van der Waals surface area contributed by atoms with Crippen molar-refractivity contribution in [3.8, 4) is 0 Å². The molecular formula is C13H19Cl2NO. The van der Waals surface area contributed by atoms with Crippen LogP contribution in [0.25, 0.3) is 0 Å². The highest BCUT2D eigenvalue weighted by atomic mass is 35.5. The van der Waals surface area contributed by atoms with E-state index in [1.165, 1.54) is 0 Å². The van der Waals surface area contributed by atoms with Crippen LogP contribution in [0.3, 0.4) is 0 Å². The quantitative estimate of drug-likeness (QED) is 0.845. The molecule has 2 atom stereocenters. The average Bonchev–Trinajstić information content (AvgIpc) is 2.33. The highest BCUT2D eigenvalue weighted by Crippen LogP contribution is 2.30. The number of halogens is 2. The predicted molar refractivity (Wildman–Crippen MR) is 74.0 cm³/mol. The van der Waals surface area contributed by atoms with Gasteiger partial charge in [-0.25, -0.2) is 0 Å². The summed E-state index contributed by atoms with van der Waals surface area (Å²) in [6.07, 6.45) is 1.00. The summed E-state index contributed by atoms with van der Waals surface area (Å²) in [5.41, 5.74) is 0.995. The van der Waals surface area contributed by atoms with Gasteiger partial charge in [0.05, 0.1) is 12.1 Å². The Morgan fingerprint density at radius 3 is 2.53 bits per heavy atom. The predicted octanol–water partition coefficient (Wildman–Crippen LogP) is 4.07. The van der Waals surface area contributed by atoms with Gasteiger partial charge in [0, 0.05) is 17.2 Å². The highest BCUT2D eigenvalue weighted by Gasteiger charge is 2.23. The summed E-state index contributed by atoms with van der Waals surface area (Å²) in [6.45, 7) is 5.01. The van der Waals surface area contributed by atoms with Gasteiger partial charge in [0.25, 0.3) is 0 Å². The summed E-state index contributed by atoms with van der Waals surface area (Å²) in [5.74, 6) is 0. The maximum atomic E-state index is 6.23. The molecule has 0 aromatic heterocycles. The molecule has 0 aliphatic heterocycles. The van der Waals surface area contributed by atoms with E-state index in [2.05, 4.69) is 19.2 Å². The average molecular weight is 276 g/mol. The zero-order chi connectivity index (χ0) is 12.8. The number of hydrogen-bond acceptors (Lipinski definition) is 2. The largest absolute Gasteiger partial charge is 0.379 e. The van der Waals surface area contributed by atoms with E-state index >= 15 is 0 Å². The fraction of sp³-hybridized carbons (Fsp3) is 0.538. The van der Waals surface area contributed by atoms with Gasteiger partial charge >= 0.3 is 0 Å². The molecule has 0 spiro atoms. The maximum Gasteiger partial charge on any atom is 0.0763 e. The third-order valence-corrected chi connectivity index (χ3v) is 3.37. The Bertz CT molecular complexity index is 353. The number of rotatable bonds is 6. The van der Waals surface area contributed by atoms with Crippen LogP contribution in [0.15, 0.2) is 18.2 Å². The first-order valence-electron chi connectivity index (χ1n) is 5.85. The first-order chi connectivity index (χ1) is 8.13. The molecule has 1 aromatic carbocycles. The maximum absolute atomic E-state index is 6.23. The van der Waals surface area contributed by atoms with Gasteiger partial charge in [0.15, 0.2) is 0 Å². The molecule has 0 bridgehead atoms. The lowest BCUT2D eigenvalue weighted by atomic mass is 9.99. The standard InChI is InChI=1S/C13H19Cl2NO/c1-4-12(17-3)13(16-5-2)10-8-9(14)6-7-11(10)15/h6-8,12-13,16H,4-5H2,1-3H3. The Morgan fingerprint density at radius 1 is 1.29 bits per heavy atom. The zero-order valence-electron chi connectivity index (χ0n) is 10.5. The van der Waals surface area contributed by atoms with Crippen molar-refractivity contribution < 1.29 is 4.74 Å². The van der Waals surface area contributed by atoms with Crippen molar-refractivity contribution in [2.75, 3.05) is 13.7 Å². The zero-order valence-corrected chi connectivity index (χ0v) is 12.0. The monoisotopic (exact) mass is 275 g/mol. The van der Waals surface area contributed by atoms with Crippen LogP contribution >= 0.6 is 23.2 Å². The SMILES string of the molecule is CCNC(c1cc(Cl)ccc1Cl)C(CC)OC. The minimum absolute atomic E-state index is 0.0706. The van der Waals surface area contributed by atoms with E-state index in [1.54, 1.807) is 13.2 Å². The van der Waals surface area contributed by atoms with E-state index in [0.717, 1.165) is 23.6 Å². The second-order valence-electron chi connectivity index (χ2n) is 3.88. The highest BCUT2D eigenvalue weighted by molar-refractivity contribution is 6.33. The van der Waals surface area contributed by atoms with E-state index in [9.17, 15) is 0 Å². The van der Waals surface area contributed by atoms with Crippen molar-refractivity contribution in [3.63, 3.8) is 0 Å². The Balaban J connectivity index is 3.07. The summed E-state index contributed by atoms with van der Waals surface area (Å²) in [5, 5.41) is 4.81. The lowest BCUT2D eigenvalue weighted by molar-refractivity contribution is 0.0656. The lowest BCUT2D eigenvalue weighted by Gasteiger charge is -2.27. The topological polar surface area (TPSA) is 21.3 Å². The van der Waals surface area contributed by atoms with Crippen LogP contribution in [0.1, 0.15) is 31.9 Å². The number of hydrogen-bond donors (Lipinski definition) is 1. The van der Waals surface area contributed by atoms with Crippen molar-refractivity contribution in [1.82, 2.24) is 5.32 Å². The fourth-order valence-electron chi connectivity index (χ4n) is 1.95. The third kappa shape index (κ3) is 3.85. The molecule has 4 heteroatoms.